The smallest absolute Gasteiger partial charge is 0.329 e. The number of rotatable bonds is 5. The van der Waals surface area contributed by atoms with E-state index in [0.29, 0.717) is 32.2 Å². The molecule has 3 rings (SSSR count). The summed E-state index contributed by atoms with van der Waals surface area (Å²) in [5.74, 6) is -0.474. The number of H-pyrrole nitrogens is 1. The van der Waals surface area contributed by atoms with Crippen LogP contribution in [0, 0.1) is 0 Å². The number of primary amides is 1. The van der Waals surface area contributed by atoms with Crippen molar-refractivity contribution in [3.05, 3.63) is 54.5 Å². The maximum absolute atomic E-state index is 12.8. The number of nitrogens with one attached hydrogen (secondary N) is 1. The highest BCUT2D eigenvalue weighted by atomic mass is 35.5. The van der Waals surface area contributed by atoms with Crippen LogP contribution in [-0.4, -0.2) is 15.5 Å². The minimum Gasteiger partial charge on any atom is -0.370 e. The number of thiophene rings is 1. The molecule has 0 aliphatic rings. The molecule has 0 saturated heterocycles. The second kappa shape index (κ2) is 7.03. The average Bonchev–Trinajstić information content (AvgIpc) is 2.96. The largest absolute Gasteiger partial charge is 0.370 e. The maximum atomic E-state index is 12.8. The van der Waals surface area contributed by atoms with Crippen molar-refractivity contribution in [1.82, 2.24) is 9.55 Å². The Morgan fingerprint density at radius 3 is 2.68 bits per heavy atom. The van der Waals surface area contributed by atoms with Gasteiger partial charge in [-0.2, -0.15) is 0 Å². The van der Waals surface area contributed by atoms with Crippen molar-refractivity contribution in [2.24, 2.45) is 5.73 Å². The Morgan fingerprint density at radius 2 is 2.00 bits per heavy atom. The molecule has 0 unspecified atom stereocenters. The highest BCUT2D eigenvalue weighted by Gasteiger charge is 2.15. The minimum atomic E-state index is -0.510. The van der Waals surface area contributed by atoms with Gasteiger partial charge in [0.05, 0.1) is 15.4 Å². The number of nitrogens with two attached hydrogens (primary N) is 1. The molecule has 2 heterocycles. The number of benzene rings is 1. The molecule has 0 bridgehead atoms. The fourth-order valence-electron chi connectivity index (χ4n) is 2.54. The Morgan fingerprint density at radius 1 is 1.24 bits per heavy atom. The summed E-state index contributed by atoms with van der Waals surface area (Å²) in [7, 11) is 0. The normalized spacial score (nSPS) is 11.1. The van der Waals surface area contributed by atoms with E-state index in [1.54, 1.807) is 23.6 Å². The molecular formula is C16H13Cl2N3O3S. The number of hydrogen-bond acceptors (Lipinski definition) is 4. The first kappa shape index (κ1) is 17.7. The molecule has 1 aromatic carbocycles. The lowest BCUT2D eigenvalue weighted by Gasteiger charge is -2.06. The van der Waals surface area contributed by atoms with Crippen LogP contribution in [0.5, 0.6) is 0 Å². The van der Waals surface area contributed by atoms with Crippen LogP contribution < -0.4 is 17.0 Å². The average molecular weight is 398 g/mol. The number of aromatic nitrogens is 2. The lowest BCUT2D eigenvalue weighted by atomic mass is 10.1. The third kappa shape index (κ3) is 3.49. The highest BCUT2D eigenvalue weighted by Crippen LogP contribution is 2.33. The number of amides is 1. The standard InChI is InChI=1S/C16H13Cl2N3O3S/c17-10-4-3-8(6-11(10)18)9-7-25-14-13(9)15(23)21(16(24)20-14)5-1-2-12(19)22/h3-4,6-7H,1-2,5H2,(H2,19,22)(H,20,24). The van der Waals surface area contributed by atoms with Crippen LogP contribution in [0.3, 0.4) is 0 Å². The number of nitrogens with zero attached hydrogens (tertiary/aromatic N) is 1. The van der Waals surface area contributed by atoms with Gasteiger partial charge in [-0.05, 0) is 24.1 Å². The van der Waals surface area contributed by atoms with Gasteiger partial charge in [0.2, 0.25) is 5.91 Å². The second-order valence-electron chi connectivity index (χ2n) is 5.44. The molecule has 1 amide bonds. The molecule has 9 heteroatoms. The van der Waals surface area contributed by atoms with Crippen molar-refractivity contribution in [3.8, 4) is 11.1 Å². The summed E-state index contributed by atoms with van der Waals surface area (Å²) in [5.41, 5.74) is 5.58. The summed E-state index contributed by atoms with van der Waals surface area (Å²) in [6, 6.07) is 5.09. The molecule has 0 saturated carbocycles. The van der Waals surface area contributed by atoms with Crippen molar-refractivity contribution in [3.63, 3.8) is 0 Å². The van der Waals surface area contributed by atoms with Gasteiger partial charge in [-0.25, -0.2) is 4.79 Å². The van der Waals surface area contributed by atoms with Crippen LogP contribution in [0.4, 0.5) is 0 Å². The van der Waals surface area contributed by atoms with Crippen LogP contribution in [-0.2, 0) is 11.3 Å². The Hall–Kier alpha value is -2.09. The number of carbonyl (C=O) groups is 1. The zero-order valence-corrected chi connectivity index (χ0v) is 15.2. The molecule has 0 spiro atoms. The lowest BCUT2D eigenvalue weighted by molar-refractivity contribution is -0.118. The second-order valence-corrected chi connectivity index (χ2v) is 7.13. The molecule has 3 aromatic rings. The molecule has 0 fully saturated rings. The van der Waals surface area contributed by atoms with E-state index >= 15 is 0 Å². The van der Waals surface area contributed by atoms with E-state index in [-0.39, 0.29) is 13.0 Å². The van der Waals surface area contributed by atoms with Gasteiger partial charge in [0.15, 0.2) is 0 Å². The Labute approximate surface area is 155 Å². The van der Waals surface area contributed by atoms with E-state index in [1.165, 1.54) is 11.3 Å². The van der Waals surface area contributed by atoms with Gasteiger partial charge in [-0.1, -0.05) is 29.3 Å². The minimum absolute atomic E-state index is 0.104. The first-order chi connectivity index (χ1) is 11.9. The summed E-state index contributed by atoms with van der Waals surface area (Å²) in [6.07, 6.45) is 0.420. The van der Waals surface area contributed by atoms with E-state index in [0.717, 1.165) is 10.1 Å². The van der Waals surface area contributed by atoms with Crippen molar-refractivity contribution in [2.75, 3.05) is 0 Å². The fraction of sp³-hybridized carbons (Fsp3) is 0.188. The number of carbonyl (C=O) groups excluding carboxylic acids is 1. The van der Waals surface area contributed by atoms with Crippen LogP contribution in [0.15, 0.2) is 33.2 Å². The van der Waals surface area contributed by atoms with Crippen LogP contribution >= 0.6 is 34.5 Å². The number of halogens is 2. The molecule has 0 radical (unpaired) electrons. The predicted octanol–water partition coefficient (Wildman–Crippen LogP) is 2.99. The molecule has 0 atom stereocenters. The lowest BCUT2D eigenvalue weighted by Crippen LogP contribution is -2.35. The summed E-state index contributed by atoms with van der Waals surface area (Å²) in [5, 5.41) is 2.99. The van der Waals surface area contributed by atoms with E-state index < -0.39 is 17.2 Å². The van der Waals surface area contributed by atoms with E-state index in [2.05, 4.69) is 4.98 Å². The van der Waals surface area contributed by atoms with Gasteiger partial charge in [0, 0.05) is 23.9 Å². The van der Waals surface area contributed by atoms with Gasteiger partial charge in [0.1, 0.15) is 4.83 Å². The molecule has 6 nitrogen and oxygen atoms in total. The maximum Gasteiger partial charge on any atom is 0.329 e. The molecule has 2 aromatic heterocycles. The zero-order chi connectivity index (χ0) is 18.1. The zero-order valence-electron chi connectivity index (χ0n) is 12.8. The van der Waals surface area contributed by atoms with Crippen molar-refractivity contribution in [2.45, 2.75) is 19.4 Å². The van der Waals surface area contributed by atoms with Crippen molar-refractivity contribution in [1.29, 1.82) is 0 Å². The molecular weight excluding hydrogens is 385 g/mol. The van der Waals surface area contributed by atoms with Gasteiger partial charge in [-0.3, -0.25) is 19.1 Å². The van der Waals surface area contributed by atoms with Crippen LogP contribution in [0.2, 0.25) is 10.0 Å². The quantitative estimate of drug-likeness (QED) is 0.691. The van der Waals surface area contributed by atoms with Crippen molar-refractivity contribution >= 4 is 50.7 Å². The molecule has 3 N–H and O–H groups in total. The third-order valence-electron chi connectivity index (χ3n) is 3.75. The fourth-order valence-corrected chi connectivity index (χ4v) is 3.79. The van der Waals surface area contributed by atoms with Gasteiger partial charge >= 0.3 is 5.69 Å². The summed E-state index contributed by atoms with van der Waals surface area (Å²) < 4.78 is 1.08. The Kier molecular flexibility index (Phi) is 4.99. The topological polar surface area (TPSA) is 97.9 Å². The van der Waals surface area contributed by atoms with Crippen molar-refractivity contribution < 1.29 is 4.79 Å². The first-order valence-corrected chi connectivity index (χ1v) is 9.00. The number of hydrogen-bond donors (Lipinski definition) is 2. The summed E-state index contributed by atoms with van der Waals surface area (Å²) >= 11 is 13.3. The Balaban J connectivity index is 2.13. The summed E-state index contributed by atoms with van der Waals surface area (Å²) in [4.78, 5) is 39.0. The first-order valence-electron chi connectivity index (χ1n) is 7.36. The van der Waals surface area contributed by atoms with Gasteiger partial charge in [0.25, 0.3) is 5.56 Å². The van der Waals surface area contributed by atoms with E-state index in [9.17, 15) is 14.4 Å². The van der Waals surface area contributed by atoms with Gasteiger partial charge in [-0.15, -0.1) is 11.3 Å². The molecule has 25 heavy (non-hydrogen) atoms. The SMILES string of the molecule is NC(=O)CCCn1c(=O)[nH]c2scc(-c3ccc(Cl)c(Cl)c3)c2c1=O. The van der Waals surface area contributed by atoms with Crippen LogP contribution in [0.1, 0.15) is 12.8 Å². The number of fused-ring (bicyclic) bond motifs is 1. The predicted molar refractivity (Wildman–Crippen MR) is 101 cm³/mol. The van der Waals surface area contributed by atoms with Gasteiger partial charge < -0.3 is 5.73 Å². The van der Waals surface area contributed by atoms with Crippen LogP contribution in [0.25, 0.3) is 21.3 Å². The molecule has 130 valence electrons. The third-order valence-corrected chi connectivity index (χ3v) is 5.39. The summed E-state index contributed by atoms with van der Waals surface area (Å²) in [6.45, 7) is 0.115. The monoisotopic (exact) mass is 397 g/mol. The highest BCUT2D eigenvalue weighted by molar-refractivity contribution is 7.17. The Bertz CT molecular complexity index is 1080. The van der Waals surface area contributed by atoms with E-state index in [4.69, 9.17) is 28.9 Å². The molecule has 0 aliphatic heterocycles. The van der Waals surface area contributed by atoms with E-state index in [1.807, 2.05) is 0 Å². The number of aromatic amines is 1. The molecule has 0 aliphatic carbocycles.